The quantitative estimate of drug-likeness (QED) is 0.863. The Labute approximate surface area is 117 Å². The number of rotatable bonds is 3. The van der Waals surface area contributed by atoms with E-state index in [1.54, 1.807) is 38.1 Å². The first-order valence-electron chi connectivity index (χ1n) is 6.21. The maximum absolute atomic E-state index is 11.9. The minimum atomic E-state index is -0.959. The molecule has 0 saturated carbocycles. The van der Waals surface area contributed by atoms with Gasteiger partial charge in [0.1, 0.15) is 0 Å². The number of carbonyl (C=O) groups excluding carboxylic acids is 2. The van der Waals surface area contributed by atoms with Crippen molar-refractivity contribution in [3.63, 3.8) is 0 Å². The molecule has 1 heterocycles. The molecule has 1 aromatic carbocycles. The van der Waals surface area contributed by atoms with Crippen LogP contribution in [0.2, 0.25) is 5.02 Å². The molecule has 2 amide bonds. The van der Waals surface area contributed by atoms with Crippen LogP contribution in [0.5, 0.6) is 0 Å². The molecule has 1 N–H and O–H groups in total. The molecule has 2 rings (SSSR count). The highest BCUT2D eigenvalue weighted by Gasteiger charge is 2.42. The molecule has 1 aliphatic heterocycles. The van der Waals surface area contributed by atoms with Crippen molar-refractivity contribution in [1.29, 1.82) is 0 Å². The van der Waals surface area contributed by atoms with E-state index in [9.17, 15) is 14.7 Å². The highest BCUT2D eigenvalue weighted by molar-refractivity contribution is 6.31. The third-order valence-corrected chi connectivity index (χ3v) is 4.03. The van der Waals surface area contributed by atoms with Gasteiger partial charge in [0.25, 0.3) is 0 Å². The number of carbonyl (C=O) groups is 2. The second-order valence-corrected chi connectivity index (χ2v) is 5.31. The van der Waals surface area contributed by atoms with Crippen molar-refractivity contribution in [2.75, 3.05) is 6.54 Å². The minimum Gasteiger partial charge on any atom is -0.386 e. The molecule has 0 bridgehead atoms. The van der Waals surface area contributed by atoms with Crippen LogP contribution in [0.3, 0.4) is 0 Å². The van der Waals surface area contributed by atoms with Crippen molar-refractivity contribution in [3.05, 3.63) is 34.9 Å². The number of likely N-dealkylation sites (tertiary alicyclic amines) is 1. The Morgan fingerprint density at radius 1 is 1.21 bits per heavy atom. The number of imide groups is 1. The summed E-state index contributed by atoms with van der Waals surface area (Å²) >= 11 is 5.99. The molecule has 1 aromatic rings. The third kappa shape index (κ3) is 2.51. The topological polar surface area (TPSA) is 57.6 Å². The molecular formula is C14H16ClNO3. The number of aliphatic hydroxyl groups is 1. The van der Waals surface area contributed by atoms with Gasteiger partial charge in [0.2, 0.25) is 11.8 Å². The van der Waals surface area contributed by atoms with Crippen LogP contribution in [0, 0.1) is 11.8 Å². The van der Waals surface area contributed by atoms with E-state index in [0.717, 1.165) is 4.90 Å². The summed E-state index contributed by atoms with van der Waals surface area (Å²) < 4.78 is 0. The average Bonchev–Trinajstić information content (AvgIpc) is 2.57. The second-order valence-electron chi connectivity index (χ2n) is 4.90. The van der Waals surface area contributed by atoms with Gasteiger partial charge in [-0.25, -0.2) is 0 Å². The van der Waals surface area contributed by atoms with E-state index in [4.69, 9.17) is 11.6 Å². The van der Waals surface area contributed by atoms with E-state index >= 15 is 0 Å². The van der Waals surface area contributed by atoms with Gasteiger partial charge in [-0.15, -0.1) is 0 Å². The van der Waals surface area contributed by atoms with Crippen LogP contribution in [0.1, 0.15) is 25.5 Å². The van der Waals surface area contributed by atoms with Crippen molar-refractivity contribution in [3.8, 4) is 0 Å². The van der Waals surface area contributed by atoms with Gasteiger partial charge in [0.15, 0.2) is 0 Å². The van der Waals surface area contributed by atoms with Crippen molar-refractivity contribution in [2.45, 2.75) is 20.0 Å². The summed E-state index contributed by atoms with van der Waals surface area (Å²) in [5, 5.41) is 10.6. The SMILES string of the molecule is CC1C(=O)N(CC(O)c2ccccc2Cl)C(=O)C1C. The maximum Gasteiger partial charge on any atom is 0.232 e. The zero-order chi connectivity index (χ0) is 14.2. The van der Waals surface area contributed by atoms with Crippen molar-refractivity contribution in [2.24, 2.45) is 11.8 Å². The molecule has 0 aromatic heterocycles. The molecule has 0 aliphatic carbocycles. The molecule has 0 radical (unpaired) electrons. The Morgan fingerprint density at radius 2 is 1.74 bits per heavy atom. The average molecular weight is 282 g/mol. The van der Waals surface area contributed by atoms with Gasteiger partial charge in [0.05, 0.1) is 12.6 Å². The first-order valence-corrected chi connectivity index (χ1v) is 6.59. The highest BCUT2D eigenvalue weighted by atomic mass is 35.5. The summed E-state index contributed by atoms with van der Waals surface area (Å²) in [4.78, 5) is 25.0. The van der Waals surface area contributed by atoms with Crippen LogP contribution in [0.25, 0.3) is 0 Å². The molecule has 0 spiro atoms. The Kier molecular flexibility index (Phi) is 3.92. The predicted octanol–water partition coefficient (Wildman–Crippen LogP) is 2.01. The molecule has 19 heavy (non-hydrogen) atoms. The molecule has 1 aliphatic rings. The molecule has 3 unspecified atom stereocenters. The third-order valence-electron chi connectivity index (χ3n) is 3.68. The number of hydrogen-bond donors (Lipinski definition) is 1. The van der Waals surface area contributed by atoms with E-state index in [1.807, 2.05) is 0 Å². The summed E-state index contributed by atoms with van der Waals surface area (Å²) in [5.74, 6) is -1.12. The fourth-order valence-corrected chi connectivity index (χ4v) is 2.49. The lowest BCUT2D eigenvalue weighted by molar-refractivity contribution is -0.141. The Hall–Kier alpha value is -1.39. The molecule has 1 saturated heterocycles. The van der Waals surface area contributed by atoms with Crippen LogP contribution < -0.4 is 0 Å². The Morgan fingerprint density at radius 3 is 2.26 bits per heavy atom. The number of benzene rings is 1. The number of hydrogen-bond acceptors (Lipinski definition) is 3. The summed E-state index contributed by atoms with van der Waals surface area (Å²) in [6.45, 7) is 3.41. The normalized spacial score (nSPS) is 24.9. The number of aliphatic hydroxyl groups excluding tert-OH is 1. The number of nitrogens with zero attached hydrogens (tertiary/aromatic N) is 1. The summed E-state index contributed by atoms with van der Waals surface area (Å²) in [7, 11) is 0. The van der Waals surface area contributed by atoms with Crippen LogP contribution in [0.4, 0.5) is 0 Å². The Balaban J connectivity index is 2.16. The number of amides is 2. The monoisotopic (exact) mass is 281 g/mol. The zero-order valence-corrected chi connectivity index (χ0v) is 11.6. The maximum atomic E-state index is 11.9. The van der Waals surface area contributed by atoms with Gasteiger partial charge >= 0.3 is 0 Å². The summed E-state index contributed by atoms with van der Waals surface area (Å²) in [5.41, 5.74) is 0.525. The smallest absolute Gasteiger partial charge is 0.232 e. The minimum absolute atomic E-state index is 0.0456. The first kappa shape index (κ1) is 14.0. The van der Waals surface area contributed by atoms with Crippen molar-refractivity contribution in [1.82, 2.24) is 4.90 Å². The number of halogens is 1. The summed E-state index contributed by atoms with van der Waals surface area (Å²) in [6, 6.07) is 6.86. The number of β-amino-alcohol motifs (C(OH)–C–C–N with tert-alkyl or cyclic N) is 1. The van der Waals surface area contributed by atoms with Gasteiger partial charge in [0, 0.05) is 22.4 Å². The van der Waals surface area contributed by atoms with Crippen molar-refractivity contribution < 1.29 is 14.7 Å². The highest BCUT2D eigenvalue weighted by Crippen LogP contribution is 2.29. The first-order chi connectivity index (χ1) is 8.93. The standard InChI is InChI=1S/C14H16ClNO3/c1-8-9(2)14(19)16(13(8)18)7-12(17)10-5-3-4-6-11(10)15/h3-6,8-9,12,17H,7H2,1-2H3. The van der Waals surface area contributed by atoms with E-state index in [-0.39, 0.29) is 30.2 Å². The van der Waals surface area contributed by atoms with E-state index in [2.05, 4.69) is 0 Å². The molecule has 4 nitrogen and oxygen atoms in total. The fraction of sp³-hybridized carbons (Fsp3) is 0.429. The van der Waals surface area contributed by atoms with Gasteiger partial charge < -0.3 is 5.11 Å². The molecule has 5 heteroatoms. The van der Waals surface area contributed by atoms with E-state index in [0.29, 0.717) is 10.6 Å². The van der Waals surface area contributed by atoms with Gasteiger partial charge in [-0.2, -0.15) is 0 Å². The Bertz CT molecular complexity index is 497. The van der Waals surface area contributed by atoms with Crippen LogP contribution in [-0.4, -0.2) is 28.4 Å². The molecule has 1 fully saturated rings. The molecule has 102 valence electrons. The van der Waals surface area contributed by atoms with Crippen LogP contribution in [-0.2, 0) is 9.59 Å². The van der Waals surface area contributed by atoms with E-state index < -0.39 is 6.10 Å². The van der Waals surface area contributed by atoms with E-state index in [1.165, 1.54) is 0 Å². The molecule has 3 atom stereocenters. The lowest BCUT2D eigenvalue weighted by atomic mass is 10.00. The van der Waals surface area contributed by atoms with Gasteiger partial charge in [-0.05, 0) is 6.07 Å². The van der Waals surface area contributed by atoms with Crippen LogP contribution in [0.15, 0.2) is 24.3 Å². The fourth-order valence-electron chi connectivity index (χ4n) is 2.22. The van der Waals surface area contributed by atoms with Crippen molar-refractivity contribution >= 4 is 23.4 Å². The van der Waals surface area contributed by atoms with Gasteiger partial charge in [-0.3, -0.25) is 14.5 Å². The predicted molar refractivity (Wildman–Crippen MR) is 71.5 cm³/mol. The largest absolute Gasteiger partial charge is 0.386 e. The second kappa shape index (κ2) is 5.31. The zero-order valence-electron chi connectivity index (χ0n) is 10.8. The van der Waals surface area contributed by atoms with Gasteiger partial charge in [-0.1, -0.05) is 43.6 Å². The van der Waals surface area contributed by atoms with Crippen LogP contribution >= 0.6 is 11.6 Å². The lowest BCUT2D eigenvalue weighted by Gasteiger charge is -2.20. The summed E-state index contributed by atoms with van der Waals surface area (Å²) in [6.07, 6.45) is -0.959. The lowest BCUT2D eigenvalue weighted by Crippen LogP contribution is -2.34. The molecular weight excluding hydrogens is 266 g/mol.